The number of hydrogen-bond donors (Lipinski definition) is 1. The summed E-state index contributed by atoms with van der Waals surface area (Å²) in [6.45, 7) is 5.56. The Bertz CT molecular complexity index is 557. The topological polar surface area (TPSA) is 69.4 Å². The van der Waals surface area contributed by atoms with Crippen molar-refractivity contribution >= 4 is 27.0 Å². The maximum atomic E-state index is 11.4. The van der Waals surface area contributed by atoms with Crippen molar-refractivity contribution in [3.63, 3.8) is 0 Å². The van der Waals surface area contributed by atoms with Crippen LogP contribution in [0.2, 0.25) is 0 Å². The molecule has 0 aromatic heterocycles. The van der Waals surface area contributed by atoms with Gasteiger partial charge in [0.05, 0.1) is 5.75 Å². The number of sulfone groups is 1. The van der Waals surface area contributed by atoms with E-state index < -0.39 is 9.84 Å². The third-order valence-corrected chi connectivity index (χ3v) is 4.73. The van der Waals surface area contributed by atoms with Gasteiger partial charge < -0.3 is 10.5 Å². The van der Waals surface area contributed by atoms with Crippen molar-refractivity contribution < 1.29 is 13.2 Å². The minimum absolute atomic E-state index is 0.0272. The quantitative estimate of drug-likeness (QED) is 0.811. The van der Waals surface area contributed by atoms with Gasteiger partial charge in [0.15, 0.2) is 9.84 Å². The van der Waals surface area contributed by atoms with Gasteiger partial charge in [0.1, 0.15) is 17.3 Å². The molecule has 0 saturated carbocycles. The van der Waals surface area contributed by atoms with Crippen molar-refractivity contribution in [3.05, 3.63) is 28.8 Å². The second kappa shape index (κ2) is 6.34. The molecule has 0 heterocycles. The van der Waals surface area contributed by atoms with Crippen molar-refractivity contribution in [2.45, 2.75) is 20.8 Å². The van der Waals surface area contributed by atoms with Crippen LogP contribution in [0.4, 0.5) is 0 Å². The average molecular weight is 301 g/mol. The molecule has 0 spiro atoms. The molecule has 0 radical (unpaired) electrons. The highest BCUT2D eigenvalue weighted by Crippen LogP contribution is 2.24. The standard InChI is InChI=1S/C13H19NO3S2/c1-4-19(15,16)6-5-17-12-9(2)7-11(13(14)18)8-10(12)3/h7-8H,4-6H2,1-3H3,(H2,14,18). The van der Waals surface area contributed by atoms with Crippen LogP contribution in [-0.2, 0) is 9.84 Å². The van der Waals surface area contributed by atoms with E-state index in [1.54, 1.807) is 6.92 Å². The molecule has 106 valence electrons. The molecule has 0 fully saturated rings. The molecule has 0 amide bonds. The Hall–Kier alpha value is -1.14. The minimum atomic E-state index is -3.00. The summed E-state index contributed by atoms with van der Waals surface area (Å²) in [7, 11) is -3.00. The first-order chi connectivity index (χ1) is 8.76. The van der Waals surface area contributed by atoms with Crippen LogP contribution in [0.3, 0.4) is 0 Å². The van der Waals surface area contributed by atoms with E-state index in [0.29, 0.717) is 10.7 Å². The smallest absolute Gasteiger partial charge is 0.153 e. The summed E-state index contributed by atoms with van der Waals surface area (Å²) in [4.78, 5) is 0.339. The molecule has 6 heteroatoms. The van der Waals surface area contributed by atoms with Crippen LogP contribution < -0.4 is 10.5 Å². The van der Waals surface area contributed by atoms with Gasteiger partial charge >= 0.3 is 0 Å². The van der Waals surface area contributed by atoms with Crippen molar-refractivity contribution in [1.29, 1.82) is 0 Å². The Labute approximate surface area is 119 Å². The van der Waals surface area contributed by atoms with E-state index in [-0.39, 0.29) is 18.1 Å². The summed E-state index contributed by atoms with van der Waals surface area (Å²) >= 11 is 4.93. The van der Waals surface area contributed by atoms with Crippen LogP contribution in [-0.4, -0.2) is 31.5 Å². The van der Waals surface area contributed by atoms with E-state index >= 15 is 0 Å². The number of ether oxygens (including phenoxy) is 1. The van der Waals surface area contributed by atoms with Gasteiger partial charge in [0.25, 0.3) is 0 Å². The normalized spacial score (nSPS) is 11.3. The van der Waals surface area contributed by atoms with Gasteiger partial charge in [-0.15, -0.1) is 0 Å². The van der Waals surface area contributed by atoms with Gasteiger partial charge in [0.2, 0.25) is 0 Å². The predicted octanol–water partition coefficient (Wildman–Crippen LogP) is 1.75. The van der Waals surface area contributed by atoms with Crippen LogP contribution in [0.15, 0.2) is 12.1 Å². The lowest BCUT2D eigenvalue weighted by Gasteiger charge is -2.13. The SMILES string of the molecule is CCS(=O)(=O)CCOc1c(C)cc(C(N)=S)cc1C. The molecule has 0 aliphatic heterocycles. The van der Waals surface area contributed by atoms with Gasteiger partial charge in [-0.1, -0.05) is 19.1 Å². The zero-order valence-corrected chi connectivity index (χ0v) is 13.0. The summed E-state index contributed by atoms with van der Waals surface area (Å²) in [6, 6.07) is 3.69. The van der Waals surface area contributed by atoms with E-state index in [2.05, 4.69) is 0 Å². The molecule has 0 aliphatic carbocycles. The summed E-state index contributed by atoms with van der Waals surface area (Å²) in [6.07, 6.45) is 0. The summed E-state index contributed by atoms with van der Waals surface area (Å²) in [5.74, 6) is 0.861. The Morgan fingerprint density at radius 2 is 1.84 bits per heavy atom. The van der Waals surface area contributed by atoms with Gasteiger partial charge in [-0.05, 0) is 37.1 Å². The third-order valence-electron chi connectivity index (χ3n) is 2.83. The van der Waals surface area contributed by atoms with Crippen molar-refractivity contribution in [3.8, 4) is 5.75 Å². The Kier molecular flexibility index (Phi) is 5.31. The second-order valence-electron chi connectivity index (χ2n) is 4.39. The first-order valence-corrected chi connectivity index (χ1v) is 8.24. The maximum Gasteiger partial charge on any atom is 0.153 e. The van der Waals surface area contributed by atoms with E-state index in [1.165, 1.54) is 0 Å². The lowest BCUT2D eigenvalue weighted by molar-refractivity contribution is 0.336. The molecule has 2 N–H and O–H groups in total. The number of nitrogens with two attached hydrogens (primary N) is 1. The highest BCUT2D eigenvalue weighted by Gasteiger charge is 2.11. The zero-order chi connectivity index (χ0) is 14.6. The molecule has 19 heavy (non-hydrogen) atoms. The number of rotatable bonds is 6. The molecular formula is C13H19NO3S2. The van der Waals surface area contributed by atoms with Crippen LogP contribution in [0.25, 0.3) is 0 Å². The molecule has 0 unspecified atom stereocenters. The van der Waals surface area contributed by atoms with Crippen molar-refractivity contribution in [2.24, 2.45) is 5.73 Å². The van der Waals surface area contributed by atoms with Gasteiger partial charge in [-0.2, -0.15) is 0 Å². The maximum absolute atomic E-state index is 11.4. The lowest BCUT2D eigenvalue weighted by atomic mass is 10.1. The molecule has 4 nitrogen and oxygen atoms in total. The highest BCUT2D eigenvalue weighted by atomic mass is 32.2. The second-order valence-corrected chi connectivity index (χ2v) is 7.30. The molecule has 1 aromatic carbocycles. The molecule has 0 saturated heterocycles. The van der Waals surface area contributed by atoms with E-state index in [1.807, 2.05) is 26.0 Å². The fourth-order valence-electron chi connectivity index (χ4n) is 1.74. The molecule has 0 bridgehead atoms. The predicted molar refractivity (Wildman–Crippen MR) is 81.6 cm³/mol. The fraction of sp³-hybridized carbons (Fsp3) is 0.462. The number of hydrogen-bond acceptors (Lipinski definition) is 4. The summed E-state index contributed by atoms with van der Waals surface area (Å²) in [5.41, 5.74) is 8.18. The van der Waals surface area contributed by atoms with Crippen molar-refractivity contribution in [1.82, 2.24) is 0 Å². The fourth-order valence-corrected chi connectivity index (χ4v) is 2.48. The first-order valence-electron chi connectivity index (χ1n) is 6.01. The Morgan fingerprint density at radius 3 is 2.26 bits per heavy atom. The van der Waals surface area contributed by atoms with Crippen LogP contribution in [0.5, 0.6) is 5.75 Å². The highest BCUT2D eigenvalue weighted by molar-refractivity contribution is 7.91. The van der Waals surface area contributed by atoms with E-state index in [9.17, 15) is 8.42 Å². The molecule has 1 aromatic rings. The first kappa shape index (κ1) is 15.9. The number of benzene rings is 1. The molecular weight excluding hydrogens is 282 g/mol. The van der Waals surface area contributed by atoms with E-state index in [0.717, 1.165) is 16.7 Å². The van der Waals surface area contributed by atoms with Crippen LogP contribution in [0.1, 0.15) is 23.6 Å². The number of thiocarbonyl (C=S) groups is 1. The van der Waals surface area contributed by atoms with Gasteiger partial charge in [-0.25, -0.2) is 8.42 Å². The average Bonchev–Trinajstić information content (AvgIpc) is 2.32. The minimum Gasteiger partial charge on any atom is -0.492 e. The summed E-state index contributed by atoms with van der Waals surface area (Å²) in [5, 5.41) is 0. The number of aryl methyl sites for hydroxylation is 2. The zero-order valence-electron chi connectivity index (χ0n) is 11.4. The van der Waals surface area contributed by atoms with Gasteiger partial charge in [0, 0.05) is 11.3 Å². The summed E-state index contributed by atoms with van der Waals surface area (Å²) < 4.78 is 28.4. The Balaban J connectivity index is 2.83. The van der Waals surface area contributed by atoms with E-state index in [4.69, 9.17) is 22.7 Å². The van der Waals surface area contributed by atoms with Crippen molar-refractivity contribution in [2.75, 3.05) is 18.1 Å². The largest absolute Gasteiger partial charge is 0.492 e. The third kappa shape index (κ3) is 4.47. The Morgan fingerprint density at radius 1 is 1.32 bits per heavy atom. The molecule has 1 rings (SSSR count). The molecule has 0 atom stereocenters. The van der Waals surface area contributed by atoms with Gasteiger partial charge in [-0.3, -0.25) is 0 Å². The monoisotopic (exact) mass is 301 g/mol. The molecule has 0 aliphatic rings. The van der Waals surface area contributed by atoms with Crippen LogP contribution >= 0.6 is 12.2 Å². The van der Waals surface area contributed by atoms with Crippen LogP contribution in [0, 0.1) is 13.8 Å². The lowest BCUT2D eigenvalue weighted by Crippen LogP contribution is -2.16.